The van der Waals surface area contributed by atoms with Crippen LogP contribution in [0.3, 0.4) is 0 Å². The lowest BCUT2D eigenvalue weighted by atomic mass is 9.73. The quantitative estimate of drug-likeness (QED) is 0.593. The van der Waals surface area contributed by atoms with Crippen molar-refractivity contribution in [2.24, 2.45) is 18.2 Å². The number of hydrogen-bond donors (Lipinski definition) is 1. The molecular weight excluding hydrogens is 420 g/mol. The molecule has 0 bridgehead atoms. The number of nitrogens with zero attached hydrogens (tertiary/aromatic N) is 3. The molecule has 0 amide bonds. The Kier molecular flexibility index (Phi) is 5.76. The SMILES string of the molecule is C.Cn1c(N2CCC3(CC2)Cc2ccccc2[C@H]3N)ccc(N2CCCc3ccccc32)c1=O. The van der Waals surface area contributed by atoms with E-state index in [0.29, 0.717) is 0 Å². The predicted octanol–water partition coefficient (Wildman–Crippen LogP) is 4.95. The second kappa shape index (κ2) is 8.62. The van der Waals surface area contributed by atoms with Gasteiger partial charge in [-0.2, -0.15) is 0 Å². The minimum Gasteiger partial charge on any atom is -0.358 e. The van der Waals surface area contributed by atoms with Gasteiger partial charge < -0.3 is 15.5 Å². The minimum absolute atomic E-state index is 0. The van der Waals surface area contributed by atoms with Gasteiger partial charge in [0.15, 0.2) is 0 Å². The standard InChI is InChI=1S/C28H32N4O.CH4/c1-30-25(13-12-24(27(30)33)32-16-6-9-20-7-3-5-11-23(20)32)31-17-14-28(15-18-31)19-21-8-2-4-10-22(21)26(28)29;/h2-5,7-8,10-13,26H,6,9,14-19,29H2,1H3;1H4/t26-;/m1./s1. The van der Waals surface area contributed by atoms with Crippen LogP contribution in [0.15, 0.2) is 65.5 Å². The Balaban J connectivity index is 0.00000241. The van der Waals surface area contributed by atoms with Crippen LogP contribution >= 0.6 is 0 Å². The number of nitrogens with two attached hydrogens (primary N) is 1. The summed E-state index contributed by atoms with van der Waals surface area (Å²) < 4.78 is 1.84. The van der Waals surface area contributed by atoms with E-state index in [1.54, 1.807) is 0 Å². The van der Waals surface area contributed by atoms with E-state index in [-0.39, 0.29) is 24.4 Å². The smallest absolute Gasteiger partial charge is 0.275 e. The first kappa shape index (κ1) is 22.7. The van der Waals surface area contributed by atoms with Gasteiger partial charge in [0.25, 0.3) is 5.56 Å². The highest BCUT2D eigenvalue weighted by Gasteiger charge is 2.46. The summed E-state index contributed by atoms with van der Waals surface area (Å²) in [5, 5.41) is 0. The molecule has 5 heteroatoms. The van der Waals surface area contributed by atoms with Gasteiger partial charge in [-0.25, -0.2) is 0 Å². The number of benzene rings is 2. The van der Waals surface area contributed by atoms with E-state index in [1.165, 1.54) is 22.4 Å². The molecular formula is C29H36N4O. The maximum Gasteiger partial charge on any atom is 0.275 e. The number of fused-ring (bicyclic) bond motifs is 2. The Bertz CT molecular complexity index is 1250. The van der Waals surface area contributed by atoms with Crippen LogP contribution < -0.4 is 21.1 Å². The molecule has 5 nitrogen and oxygen atoms in total. The molecule has 6 rings (SSSR count). The Labute approximate surface area is 202 Å². The number of piperidine rings is 1. The minimum atomic E-state index is 0. The fraction of sp³-hybridized carbons (Fsp3) is 0.414. The van der Waals surface area contributed by atoms with Crippen LogP contribution in [-0.2, 0) is 19.9 Å². The van der Waals surface area contributed by atoms with E-state index < -0.39 is 0 Å². The summed E-state index contributed by atoms with van der Waals surface area (Å²) in [6.45, 7) is 2.75. The molecule has 0 saturated carbocycles. The number of rotatable bonds is 2. The lowest BCUT2D eigenvalue weighted by molar-refractivity contribution is 0.187. The van der Waals surface area contributed by atoms with E-state index in [9.17, 15) is 4.79 Å². The van der Waals surface area contributed by atoms with E-state index in [0.717, 1.165) is 63.2 Å². The Morgan fingerprint density at radius 3 is 2.35 bits per heavy atom. The number of hydrogen-bond acceptors (Lipinski definition) is 4. The second-order valence-corrected chi connectivity index (χ2v) is 10.0. The molecule has 1 spiro atoms. The van der Waals surface area contributed by atoms with Gasteiger partial charge in [-0.05, 0) is 72.4 Å². The Morgan fingerprint density at radius 1 is 0.882 bits per heavy atom. The molecule has 34 heavy (non-hydrogen) atoms. The number of aromatic nitrogens is 1. The second-order valence-electron chi connectivity index (χ2n) is 10.0. The summed E-state index contributed by atoms with van der Waals surface area (Å²) in [6, 6.07) is 21.4. The zero-order chi connectivity index (χ0) is 22.6. The van der Waals surface area contributed by atoms with Crippen molar-refractivity contribution < 1.29 is 0 Å². The first-order chi connectivity index (χ1) is 16.1. The monoisotopic (exact) mass is 456 g/mol. The number of aryl methyl sites for hydroxylation is 1. The van der Waals surface area contributed by atoms with E-state index in [2.05, 4.69) is 64.4 Å². The van der Waals surface area contributed by atoms with Crippen molar-refractivity contribution in [2.75, 3.05) is 29.4 Å². The van der Waals surface area contributed by atoms with Crippen molar-refractivity contribution in [3.8, 4) is 0 Å². The van der Waals surface area contributed by atoms with Gasteiger partial charge in [-0.3, -0.25) is 9.36 Å². The zero-order valence-electron chi connectivity index (χ0n) is 19.3. The highest BCUT2D eigenvalue weighted by Crippen LogP contribution is 2.51. The highest BCUT2D eigenvalue weighted by molar-refractivity contribution is 5.68. The summed E-state index contributed by atoms with van der Waals surface area (Å²) >= 11 is 0. The third kappa shape index (κ3) is 3.45. The number of pyridine rings is 1. The zero-order valence-corrected chi connectivity index (χ0v) is 19.3. The fourth-order valence-electron chi connectivity index (χ4n) is 6.41. The third-order valence-electron chi connectivity index (χ3n) is 8.33. The molecule has 0 unspecified atom stereocenters. The van der Waals surface area contributed by atoms with Gasteiger partial charge in [0, 0.05) is 38.4 Å². The molecule has 1 atom stereocenters. The average molecular weight is 457 g/mol. The van der Waals surface area contributed by atoms with Crippen molar-refractivity contribution in [3.63, 3.8) is 0 Å². The molecule has 2 N–H and O–H groups in total. The topological polar surface area (TPSA) is 54.5 Å². The molecule has 3 aromatic rings. The third-order valence-corrected chi connectivity index (χ3v) is 8.33. The van der Waals surface area contributed by atoms with E-state index in [1.807, 2.05) is 17.7 Å². The molecule has 1 aromatic heterocycles. The molecule has 1 fully saturated rings. The summed E-state index contributed by atoms with van der Waals surface area (Å²) in [5.41, 5.74) is 13.0. The molecule has 0 radical (unpaired) electrons. The van der Waals surface area contributed by atoms with Gasteiger partial charge in [0.05, 0.1) is 0 Å². The van der Waals surface area contributed by atoms with Crippen LogP contribution in [-0.4, -0.2) is 24.2 Å². The maximum absolute atomic E-state index is 13.5. The van der Waals surface area contributed by atoms with Gasteiger partial charge >= 0.3 is 0 Å². The van der Waals surface area contributed by atoms with Crippen molar-refractivity contribution in [3.05, 3.63) is 87.7 Å². The fourth-order valence-corrected chi connectivity index (χ4v) is 6.41. The van der Waals surface area contributed by atoms with E-state index in [4.69, 9.17) is 5.73 Å². The average Bonchev–Trinajstić information content (AvgIpc) is 3.12. The lowest BCUT2D eigenvalue weighted by Gasteiger charge is -2.43. The summed E-state index contributed by atoms with van der Waals surface area (Å²) in [6.07, 6.45) is 5.33. The van der Waals surface area contributed by atoms with Gasteiger partial charge in [-0.15, -0.1) is 0 Å². The molecule has 3 heterocycles. The Morgan fingerprint density at radius 2 is 1.59 bits per heavy atom. The van der Waals surface area contributed by atoms with Crippen LogP contribution in [0.1, 0.15) is 49.4 Å². The number of anilines is 3. The van der Waals surface area contributed by atoms with Gasteiger partial charge in [0.2, 0.25) is 0 Å². The van der Waals surface area contributed by atoms with Crippen molar-refractivity contribution in [1.29, 1.82) is 0 Å². The summed E-state index contributed by atoms with van der Waals surface area (Å²) in [7, 11) is 1.92. The van der Waals surface area contributed by atoms with Crippen molar-refractivity contribution in [2.45, 2.75) is 45.6 Å². The molecule has 178 valence electrons. The van der Waals surface area contributed by atoms with Gasteiger partial charge in [-0.1, -0.05) is 49.9 Å². The predicted molar refractivity (Wildman–Crippen MR) is 141 cm³/mol. The molecule has 2 aromatic carbocycles. The van der Waals surface area contributed by atoms with E-state index >= 15 is 0 Å². The van der Waals surface area contributed by atoms with Crippen LogP contribution in [0.25, 0.3) is 0 Å². The van der Waals surface area contributed by atoms with Crippen LogP contribution in [0.2, 0.25) is 0 Å². The first-order valence-corrected chi connectivity index (χ1v) is 12.2. The van der Waals surface area contributed by atoms with Crippen molar-refractivity contribution in [1.82, 2.24) is 4.57 Å². The maximum atomic E-state index is 13.5. The van der Waals surface area contributed by atoms with Crippen LogP contribution in [0, 0.1) is 5.41 Å². The first-order valence-electron chi connectivity index (χ1n) is 12.2. The van der Waals surface area contributed by atoms with Crippen LogP contribution in [0.4, 0.5) is 17.2 Å². The molecule has 1 saturated heterocycles. The van der Waals surface area contributed by atoms with Crippen molar-refractivity contribution >= 4 is 17.2 Å². The normalized spacial score (nSPS) is 20.6. The van der Waals surface area contributed by atoms with Crippen LogP contribution in [0.5, 0.6) is 0 Å². The molecule has 1 aliphatic carbocycles. The summed E-state index contributed by atoms with van der Waals surface area (Å²) in [5.74, 6) is 1.01. The largest absolute Gasteiger partial charge is 0.358 e. The Hall–Kier alpha value is -3.05. The summed E-state index contributed by atoms with van der Waals surface area (Å²) in [4.78, 5) is 18.0. The number of para-hydroxylation sites is 1. The van der Waals surface area contributed by atoms with Gasteiger partial charge in [0.1, 0.15) is 11.5 Å². The highest BCUT2D eigenvalue weighted by atomic mass is 16.1. The lowest BCUT2D eigenvalue weighted by Crippen LogP contribution is -2.45. The molecule has 3 aliphatic rings. The molecule has 2 aliphatic heterocycles.